The Morgan fingerprint density at radius 1 is 1.06 bits per heavy atom. The summed E-state index contributed by atoms with van der Waals surface area (Å²) in [5, 5.41) is 16.3. The predicted molar refractivity (Wildman–Crippen MR) is 144 cm³/mol. The summed E-state index contributed by atoms with van der Waals surface area (Å²) in [6.45, 7) is 15.4. The Morgan fingerprint density at radius 2 is 1.75 bits per heavy atom. The molecule has 3 rings (SSSR count). The molecule has 0 bridgehead atoms. The van der Waals surface area contributed by atoms with Crippen LogP contribution < -0.4 is 15.8 Å². The number of benzene rings is 2. The molecule has 0 unspecified atom stereocenters. The van der Waals surface area contributed by atoms with Crippen molar-refractivity contribution in [1.29, 1.82) is 0 Å². The Balaban J connectivity index is 1.87. The standard InChI is InChI=1S/C28H38N6O2/c1-9-36-22-15-14-19(27(2,3)4)16-18(22)17-30-26(35)20-12-10-11-13-21(20)31-32-23-24(28(5,6)7)33-34(8)25(23)29/h10-16H,9,17,29H2,1-8H3,(H,30,35)/b32-31+. The minimum absolute atomic E-state index is 0.0173. The fourth-order valence-corrected chi connectivity index (χ4v) is 3.74. The molecule has 192 valence electrons. The zero-order chi connectivity index (χ0) is 26.7. The van der Waals surface area contributed by atoms with Gasteiger partial charge >= 0.3 is 0 Å². The Morgan fingerprint density at radius 3 is 2.39 bits per heavy atom. The van der Waals surface area contributed by atoms with Crippen molar-refractivity contribution in [2.75, 3.05) is 12.3 Å². The highest BCUT2D eigenvalue weighted by molar-refractivity contribution is 5.98. The maximum atomic E-state index is 13.2. The topological polar surface area (TPSA) is 107 Å². The lowest BCUT2D eigenvalue weighted by Gasteiger charge is -2.21. The van der Waals surface area contributed by atoms with E-state index in [1.54, 1.807) is 29.9 Å². The van der Waals surface area contributed by atoms with Gasteiger partial charge < -0.3 is 15.8 Å². The van der Waals surface area contributed by atoms with Gasteiger partial charge in [0.1, 0.15) is 11.6 Å². The van der Waals surface area contributed by atoms with Gasteiger partial charge in [-0.25, -0.2) is 0 Å². The van der Waals surface area contributed by atoms with Crippen LogP contribution in [0, 0.1) is 0 Å². The summed E-state index contributed by atoms with van der Waals surface area (Å²) < 4.78 is 7.39. The van der Waals surface area contributed by atoms with E-state index < -0.39 is 0 Å². The quantitative estimate of drug-likeness (QED) is 0.377. The zero-order valence-corrected chi connectivity index (χ0v) is 22.6. The van der Waals surface area contributed by atoms with Crippen LogP contribution in [0.5, 0.6) is 5.75 Å². The van der Waals surface area contributed by atoms with Crippen molar-refractivity contribution >= 4 is 23.1 Å². The molecule has 0 fully saturated rings. The molecule has 0 radical (unpaired) electrons. The Kier molecular flexibility index (Phi) is 7.86. The lowest BCUT2D eigenvalue weighted by atomic mass is 9.86. The summed E-state index contributed by atoms with van der Waals surface area (Å²) in [5.74, 6) is 0.941. The number of azo groups is 1. The van der Waals surface area contributed by atoms with Gasteiger partial charge in [-0.3, -0.25) is 9.48 Å². The summed E-state index contributed by atoms with van der Waals surface area (Å²) in [7, 11) is 1.77. The van der Waals surface area contributed by atoms with Crippen molar-refractivity contribution in [3.8, 4) is 5.75 Å². The maximum Gasteiger partial charge on any atom is 0.253 e. The van der Waals surface area contributed by atoms with Crippen molar-refractivity contribution in [3.63, 3.8) is 0 Å². The molecular weight excluding hydrogens is 452 g/mol. The highest BCUT2D eigenvalue weighted by atomic mass is 16.5. The maximum absolute atomic E-state index is 13.2. The molecule has 0 saturated heterocycles. The van der Waals surface area contributed by atoms with Crippen LogP contribution in [0.2, 0.25) is 0 Å². The second kappa shape index (κ2) is 10.5. The average Bonchev–Trinajstić information content (AvgIpc) is 3.10. The first-order valence-corrected chi connectivity index (χ1v) is 12.2. The number of hydrogen-bond donors (Lipinski definition) is 2. The molecule has 0 atom stereocenters. The van der Waals surface area contributed by atoms with Crippen molar-refractivity contribution in [2.45, 2.75) is 65.8 Å². The number of aryl methyl sites for hydroxylation is 1. The summed E-state index contributed by atoms with van der Waals surface area (Å²) in [4.78, 5) is 13.2. The normalized spacial score (nSPS) is 12.2. The van der Waals surface area contributed by atoms with Crippen LogP contribution in [0.1, 0.15) is 75.6 Å². The van der Waals surface area contributed by atoms with Crippen LogP contribution in [0.15, 0.2) is 52.7 Å². The molecule has 0 spiro atoms. The van der Waals surface area contributed by atoms with Gasteiger partial charge in [0.25, 0.3) is 5.91 Å². The molecule has 0 aliphatic heterocycles. The number of carbonyl (C=O) groups excluding carboxylic acids is 1. The van der Waals surface area contributed by atoms with Crippen LogP contribution in [0.25, 0.3) is 0 Å². The number of amides is 1. The van der Waals surface area contributed by atoms with Crippen LogP contribution in [0.4, 0.5) is 17.2 Å². The van der Waals surface area contributed by atoms with E-state index in [1.807, 2.05) is 39.8 Å². The van der Waals surface area contributed by atoms with E-state index in [4.69, 9.17) is 10.5 Å². The summed E-state index contributed by atoms with van der Waals surface area (Å²) in [6, 6.07) is 13.3. The van der Waals surface area contributed by atoms with E-state index in [1.165, 1.54) is 5.56 Å². The van der Waals surface area contributed by atoms with Gasteiger partial charge in [0, 0.05) is 24.6 Å². The molecule has 1 amide bonds. The molecule has 1 heterocycles. The Labute approximate surface area is 214 Å². The Hall–Kier alpha value is -3.68. The monoisotopic (exact) mass is 490 g/mol. The van der Waals surface area contributed by atoms with E-state index in [9.17, 15) is 4.79 Å². The minimum atomic E-state index is -0.263. The number of aromatic nitrogens is 2. The molecule has 0 saturated carbocycles. The first kappa shape index (κ1) is 26.9. The lowest BCUT2D eigenvalue weighted by Crippen LogP contribution is -2.23. The smallest absolute Gasteiger partial charge is 0.253 e. The van der Waals surface area contributed by atoms with Crippen molar-refractivity contribution < 1.29 is 9.53 Å². The number of carbonyl (C=O) groups is 1. The molecule has 8 nitrogen and oxygen atoms in total. The van der Waals surface area contributed by atoms with Gasteiger partial charge in [0.05, 0.1) is 23.6 Å². The number of anilines is 1. The van der Waals surface area contributed by atoms with Gasteiger partial charge in [0.2, 0.25) is 0 Å². The lowest BCUT2D eigenvalue weighted by molar-refractivity contribution is 0.0951. The molecule has 3 aromatic rings. The number of hydrogen-bond acceptors (Lipinski definition) is 6. The number of nitrogen functional groups attached to an aromatic ring is 1. The molecular formula is C28H38N6O2. The third kappa shape index (κ3) is 6.11. The predicted octanol–water partition coefficient (Wildman–Crippen LogP) is 6.34. The highest BCUT2D eigenvalue weighted by Gasteiger charge is 2.25. The molecule has 1 aromatic heterocycles. The molecule has 3 N–H and O–H groups in total. The average molecular weight is 491 g/mol. The van der Waals surface area contributed by atoms with E-state index in [0.717, 1.165) is 17.0 Å². The van der Waals surface area contributed by atoms with E-state index in [0.29, 0.717) is 35.9 Å². The van der Waals surface area contributed by atoms with Crippen LogP contribution in [0.3, 0.4) is 0 Å². The summed E-state index contributed by atoms with van der Waals surface area (Å²) in [6.07, 6.45) is 0. The fourth-order valence-electron chi connectivity index (χ4n) is 3.74. The van der Waals surface area contributed by atoms with Crippen molar-refractivity contribution in [3.05, 3.63) is 64.8 Å². The van der Waals surface area contributed by atoms with Gasteiger partial charge in [-0.05, 0) is 42.2 Å². The first-order chi connectivity index (χ1) is 16.8. The van der Waals surface area contributed by atoms with Crippen LogP contribution in [-0.2, 0) is 24.4 Å². The largest absolute Gasteiger partial charge is 0.494 e. The highest BCUT2D eigenvalue weighted by Crippen LogP contribution is 2.36. The number of nitrogens with zero attached hydrogens (tertiary/aromatic N) is 4. The fraction of sp³-hybridized carbons (Fsp3) is 0.429. The number of nitrogens with one attached hydrogen (secondary N) is 1. The first-order valence-electron chi connectivity index (χ1n) is 12.2. The van der Waals surface area contributed by atoms with E-state index in [2.05, 4.69) is 53.5 Å². The number of nitrogens with two attached hydrogens (primary N) is 1. The number of ether oxygens (including phenoxy) is 1. The third-order valence-corrected chi connectivity index (χ3v) is 5.85. The van der Waals surface area contributed by atoms with Gasteiger partial charge in [-0.15, -0.1) is 10.2 Å². The van der Waals surface area contributed by atoms with Gasteiger partial charge in [-0.2, -0.15) is 5.10 Å². The Bertz CT molecular complexity index is 1260. The van der Waals surface area contributed by atoms with Gasteiger partial charge in [0.15, 0.2) is 5.69 Å². The summed E-state index contributed by atoms with van der Waals surface area (Å²) in [5.41, 5.74) is 10.2. The van der Waals surface area contributed by atoms with Crippen LogP contribution in [-0.4, -0.2) is 22.3 Å². The van der Waals surface area contributed by atoms with E-state index in [-0.39, 0.29) is 16.7 Å². The second-order valence-electron chi connectivity index (χ2n) is 10.9. The molecule has 36 heavy (non-hydrogen) atoms. The zero-order valence-electron chi connectivity index (χ0n) is 22.6. The van der Waals surface area contributed by atoms with E-state index >= 15 is 0 Å². The van der Waals surface area contributed by atoms with Crippen LogP contribution >= 0.6 is 0 Å². The van der Waals surface area contributed by atoms with Crippen molar-refractivity contribution in [1.82, 2.24) is 15.1 Å². The molecule has 0 aliphatic carbocycles. The van der Waals surface area contributed by atoms with Crippen molar-refractivity contribution in [2.24, 2.45) is 17.3 Å². The summed E-state index contributed by atoms with van der Waals surface area (Å²) >= 11 is 0. The third-order valence-electron chi connectivity index (χ3n) is 5.85. The molecule has 8 heteroatoms. The molecule has 0 aliphatic rings. The number of rotatable bonds is 7. The molecule has 2 aromatic carbocycles. The van der Waals surface area contributed by atoms with Gasteiger partial charge in [-0.1, -0.05) is 59.7 Å². The minimum Gasteiger partial charge on any atom is -0.494 e. The second-order valence-corrected chi connectivity index (χ2v) is 10.9. The SMILES string of the molecule is CCOc1ccc(C(C)(C)C)cc1CNC(=O)c1ccccc1/N=N/c1c(C(C)(C)C)nn(C)c1N.